The largest absolute Gasteiger partial charge is 0.393 e. The second-order valence-electron chi connectivity index (χ2n) is 8.96. The van der Waals surface area contributed by atoms with E-state index in [-0.39, 0.29) is 22.9 Å². The number of hydrogen-bond acceptors (Lipinski definition) is 2. The van der Waals surface area contributed by atoms with Crippen molar-refractivity contribution in [3.8, 4) is 0 Å². The Morgan fingerprint density at radius 2 is 1.91 bits per heavy atom. The van der Waals surface area contributed by atoms with Gasteiger partial charge in [-0.3, -0.25) is 4.79 Å². The van der Waals surface area contributed by atoms with E-state index in [1.807, 2.05) is 0 Å². The first kappa shape index (κ1) is 15.6. The van der Waals surface area contributed by atoms with Gasteiger partial charge in [0.2, 0.25) is 0 Å². The molecule has 0 saturated heterocycles. The van der Waals surface area contributed by atoms with Crippen molar-refractivity contribution in [2.24, 2.45) is 22.7 Å². The summed E-state index contributed by atoms with van der Waals surface area (Å²) in [5, 5.41) is 10.1. The van der Waals surface area contributed by atoms with E-state index < -0.39 is 0 Å². The first-order valence-corrected chi connectivity index (χ1v) is 9.46. The number of aliphatic hydroxyl groups excluding tert-OH is 1. The maximum atomic E-state index is 12.1. The van der Waals surface area contributed by atoms with Crippen LogP contribution in [0.15, 0.2) is 22.8 Å². The molecule has 126 valence electrons. The van der Waals surface area contributed by atoms with Crippen LogP contribution in [0.5, 0.6) is 0 Å². The fourth-order valence-electron chi connectivity index (χ4n) is 6.57. The summed E-state index contributed by atoms with van der Waals surface area (Å²) >= 11 is 0. The molecule has 0 aromatic heterocycles. The Balaban J connectivity index is 1.77. The minimum atomic E-state index is -0.133. The highest BCUT2D eigenvalue weighted by Crippen LogP contribution is 2.63. The van der Waals surface area contributed by atoms with Crippen LogP contribution >= 0.6 is 0 Å². The minimum Gasteiger partial charge on any atom is -0.393 e. The predicted molar refractivity (Wildman–Crippen MR) is 91.9 cm³/mol. The zero-order chi connectivity index (χ0) is 16.4. The van der Waals surface area contributed by atoms with Gasteiger partial charge in [0, 0.05) is 5.92 Å². The lowest BCUT2D eigenvalue weighted by Crippen LogP contribution is -2.43. The summed E-state index contributed by atoms with van der Waals surface area (Å²) in [6, 6.07) is 0. The molecule has 2 fully saturated rings. The van der Waals surface area contributed by atoms with Gasteiger partial charge in [0.25, 0.3) is 0 Å². The summed E-state index contributed by atoms with van der Waals surface area (Å²) in [6.07, 6.45) is 10.9. The Hall–Kier alpha value is -0.890. The van der Waals surface area contributed by atoms with Crippen LogP contribution in [0.3, 0.4) is 0 Å². The summed E-state index contributed by atoms with van der Waals surface area (Å²) in [5.41, 5.74) is 5.21. The minimum absolute atomic E-state index is 0.132. The smallest absolute Gasteiger partial charge is 0.133 e. The highest BCUT2D eigenvalue weighted by molar-refractivity contribution is 5.80. The molecule has 4 aliphatic rings. The molecule has 0 spiro atoms. The van der Waals surface area contributed by atoms with Crippen molar-refractivity contribution in [1.29, 1.82) is 0 Å². The standard InChI is InChI=1S/C21H30O2/c1-13(22)17-6-7-18-16-5-4-14-12-15(23)8-10-20(14,2)19(16)9-11-21(17,18)3/h4,15,17,19,23H,5-12H2,1-3H3/t15-,17+,19?,20-,21+/m0/s1. The van der Waals surface area contributed by atoms with E-state index in [9.17, 15) is 9.90 Å². The van der Waals surface area contributed by atoms with Gasteiger partial charge in [-0.05, 0) is 75.0 Å². The third-order valence-corrected chi connectivity index (χ3v) is 7.92. The first-order valence-electron chi connectivity index (χ1n) is 9.46. The van der Waals surface area contributed by atoms with Crippen LogP contribution in [-0.2, 0) is 4.79 Å². The molecule has 2 saturated carbocycles. The van der Waals surface area contributed by atoms with E-state index in [1.54, 1.807) is 18.1 Å². The first-order chi connectivity index (χ1) is 10.9. The topological polar surface area (TPSA) is 37.3 Å². The lowest BCUT2D eigenvalue weighted by Gasteiger charge is -2.52. The number of allylic oxidation sites excluding steroid dienone is 3. The Labute approximate surface area is 140 Å². The quantitative estimate of drug-likeness (QED) is 0.719. The lowest BCUT2D eigenvalue weighted by atomic mass is 9.52. The van der Waals surface area contributed by atoms with E-state index in [1.165, 1.54) is 18.4 Å². The second kappa shape index (κ2) is 5.05. The predicted octanol–water partition coefficient (Wildman–Crippen LogP) is 4.58. The molecule has 4 aliphatic carbocycles. The summed E-state index contributed by atoms with van der Waals surface area (Å²) in [4.78, 5) is 12.1. The zero-order valence-electron chi connectivity index (χ0n) is 14.8. The van der Waals surface area contributed by atoms with Gasteiger partial charge in [-0.2, -0.15) is 0 Å². The van der Waals surface area contributed by atoms with Gasteiger partial charge in [-0.15, -0.1) is 0 Å². The van der Waals surface area contributed by atoms with Gasteiger partial charge in [0.1, 0.15) is 5.78 Å². The van der Waals surface area contributed by atoms with E-state index >= 15 is 0 Å². The number of carbonyl (C=O) groups is 1. The summed E-state index contributed by atoms with van der Waals surface area (Å²) < 4.78 is 0. The van der Waals surface area contributed by atoms with Crippen molar-refractivity contribution >= 4 is 5.78 Å². The number of carbonyl (C=O) groups excluding carboxylic acids is 1. The Kier molecular flexibility index (Phi) is 3.43. The zero-order valence-corrected chi connectivity index (χ0v) is 14.8. The molecular formula is C21H30O2. The highest BCUT2D eigenvalue weighted by atomic mass is 16.3. The van der Waals surface area contributed by atoms with Crippen LogP contribution in [-0.4, -0.2) is 17.0 Å². The van der Waals surface area contributed by atoms with Gasteiger partial charge in [-0.1, -0.05) is 36.6 Å². The molecule has 2 nitrogen and oxygen atoms in total. The molecular weight excluding hydrogens is 284 g/mol. The molecule has 0 amide bonds. The van der Waals surface area contributed by atoms with Crippen molar-refractivity contribution in [2.45, 2.75) is 78.2 Å². The van der Waals surface area contributed by atoms with Gasteiger partial charge in [0.15, 0.2) is 0 Å². The number of Topliss-reactive ketones (excluding diaryl/α,β-unsaturated/α-hetero) is 1. The van der Waals surface area contributed by atoms with Crippen molar-refractivity contribution in [3.05, 3.63) is 22.8 Å². The molecule has 0 radical (unpaired) electrons. The Bertz CT molecular complexity index is 613. The third kappa shape index (κ3) is 2.06. The highest BCUT2D eigenvalue weighted by Gasteiger charge is 2.53. The lowest BCUT2D eigenvalue weighted by molar-refractivity contribution is -0.123. The Morgan fingerprint density at radius 3 is 2.65 bits per heavy atom. The molecule has 0 bridgehead atoms. The average molecular weight is 314 g/mol. The summed E-state index contributed by atoms with van der Waals surface area (Å²) in [6.45, 7) is 6.59. The maximum absolute atomic E-state index is 12.1. The monoisotopic (exact) mass is 314 g/mol. The fourth-order valence-corrected chi connectivity index (χ4v) is 6.57. The molecule has 2 heteroatoms. The summed E-state index contributed by atoms with van der Waals surface area (Å²) in [5.74, 6) is 1.29. The van der Waals surface area contributed by atoms with Crippen LogP contribution in [0.4, 0.5) is 0 Å². The molecule has 23 heavy (non-hydrogen) atoms. The van der Waals surface area contributed by atoms with Crippen LogP contribution in [0.25, 0.3) is 0 Å². The van der Waals surface area contributed by atoms with Gasteiger partial charge in [-0.25, -0.2) is 0 Å². The normalized spacial score (nSPS) is 45.9. The SMILES string of the molecule is CC(=O)[C@H]1CCC2=C3CC=C4C[C@@H](O)CC[C@]4(C)C3CC[C@@]21C. The van der Waals surface area contributed by atoms with Gasteiger partial charge < -0.3 is 5.11 Å². The average Bonchev–Trinajstić information content (AvgIpc) is 2.85. The third-order valence-electron chi connectivity index (χ3n) is 7.92. The van der Waals surface area contributed by atoms with Crippen LogP contribution in [0.2, 0.25) is 0 Å². The van der Waals surface area contributed by atoms with E-state index in [0.29, 0.717) is 11.7 Å². The van der Waals surface area contributed by atoms with E-state index in [4.69, 9.17) is 0 Å². The van der Waals surface area contributed by atoms with Crippen LogP contribution in [0, 0.1) is 22.7 Å². The molecule has 0 aromatic rings. The number of aliphatic hydroxyl groups is 1. The van der Waals surface area contributed by atoms with Crippen molar-refractivity contribution in [2.75, 3.05) is 0 Å². The maximum Gasteiger partial charge on any atom is 0.133 e. The second-order valence-corrected chi connectivity index (χ2v) is 8.96. The molecule has 4 rings (SSSR count). The summed E-state index contributed by atoms with van der Waals surface area (Å²) in [7, 11) is 0. The molecule has 0 heterocycles. The number of rotatable bonds is 1. The number of hydrogen-bond donors (Lipinski definition) is 1. The molecule has 1 unspecified atom stereocenters. The Morgan fingerprint density at radius 1 is 1.17 bits per heavy atom. The van der Waals surface area contributed by atoms with Crippen molar-refractivity contribution in [1.82, 2.24) is 0 Å². The fraction of sp³-hybridized carbons (Fsp3) is 0.762. The molecule has 5 atom stereocenters. The van der Waals surface area contributed by atoms with E-state index in [2.05, 4.69) is 19.9 Å². The van der Waals surface area contributed by atoms with Crippen molar-refractivity contribution < 1.29 is 9.90 Å². The van der Waals surface area contributed by atoms with Gasteiger partial charge in [0.05, 0.1) is 6.10 Å². The van der Waals surface area contributed by atoms with Crippen molar-refractivity contribution in [3.63, 3.8) is 0 Å². The molecule has 1 N–H and O–H groups in total. The number of fused-ring (bicyclic) bond motifs is 4. The van der Waals surface area contributed by atoms with Crippen LogP contribution < -0.4 is 0 Å². The van der Waals surface area contributed by atoms with Gasteiger partial charge >= 0.3 is 0 Å². The van der Waals surface area contributed by atoms with Crippen LogP contribution in [0.1, 0.15) is 72.1 Å². The van der Waals surface area contributed by atoms with E-state index in [0.717, 1.165) is 38.5 Å². The number of ketones is 1. The molecule has 0 aliphatic heterocycles. The molecule has 0 aromatic carbocycles.